The van der Waals surface area contributed by atoms with E-state index in [1.807, 2.05) is 0 Å². The number of aldehydes is 1. The summed E-state index contributed by atoms with van der Waals surface area (Å²) >= 11 is 0. The van der Waals surface area contributed by atoms with Gasteiger partial charge in [0, 0.05) is 12.0 Å². The summed E-state index contributed by atoms with van der Waals surface area (Å²) in [5.41, 5.74) is 1.54. The van der Waals surface area contributed by atoms with E-state index in [4.69, 9.17) is 0 Å². The van der Waals surface area contributed by atoms with Gasteiger partial charge in [0.25, 0.3) is 0 Å². The molecule has 0 aromatic rings. The highest BCUT2D eigenvalue weighted by atomic mass is 16.4. The minimum atomic E-state index is -0.879. The van der Waals surface area contributed by atoms with Crippen molar-refractivity contribution < 1.29 is 14.7 Å². The van der Waals surface area contributed by atoms with Gasteiger partial charge < -0.3 is 9.90 Å². The molecule has 100 valence electrons. The molecule has 0 heterocycles. The second-order valence-electron chi connectivity index (χ2n) is 5.57. The molecule has 2 saturated carbocycles. The molecule has 2 aliphatic rings. The summed E-state index contributed by atoms with van der Waals surface area (Å²) in [6.07, 6.45) is 10.1. The fraction of sp³-hybridized carbons (Fsp3) is 0.733. The van der Waals surface area contributed by atoms with Gasteiger partial charge in [-0.05, 0) is 37.5 Å². The predicted molar refractivity (Wildman–Crippen MR) is 69.3 cm³/mol. The molecular weight excluding hydrogens is 228 g/mol. The molecule has 2 aliphatic carbocycles. The van der Waals surface area contributed by atoms with Gasteiger partial charge in [-0.1, -0.05) is 31.3 Å². The standard InChI is InChI=1S/C15H22O3/c16-10-9-13(15(17)18)14(11-5-1-2-6-11)12-7-3-4-8-12/h10-12H,1-9H2,(H,17,18). The van der Waals surface area contributed by atoms with Crippen LogP contribution in [-0.4, -0.2) is 17.4 Å². The lowest BCUT2D eigenvalue weighted by atomic mass is 9.81. The third-order valence-electron chi connectivity index (χ3n) is 4.48. The Labute approximate surface area is 108 Å². The fourth-order valence-corrected chi connectivity index (χ4v) is 3.71. The lowest BCUT2D eigenvalue weighted by Crippen LogP contribution is -2.16. The van der Waals surface area contributed by atoms with Gasteiger partial charge >= 0.3 is 5.97 Å². The van der Waals surface area contributed by atoms with Crippen LogP contribution in [0.25, 0.3) is 0 Å². The Kier molecular flexibility index (Phi) is 4.56. The Bertz CT molecular complexity index is 327. The van der Waals surface area contributed by atoms with E-state index in [1.54, 1.807) is 0 Å². The molecule has 3 heteroatoms. The SMILES string of the molecule is O=CCC(C(=O)O)=C(C1CCCC1)C1CCCC1. The molecule has 18 heavy (non-hydrogen) atoms. The highest BCUT2D eigenvalue weighted by Gasteiger charge is 2.31. The van der Waals surface area contributed by atoms with E-state index in [-0.39, 0.29) is 6.42 Å². The van der Waals surface area contributed by atoms with Gasteiger partial charge in [0.05, 0.1) is 0 Å². The van der Waals surface area contributed by atoms with Gasteiger partial charge in [0.2, 0.25) is 0 Å². The largest absolute Gasteiger partial charge is 0.478 e. The minimum Gasteiger partial charge on any atom is -0.478 e. The highest BCUT2D eigenvalue weighted by molar-refractivity contribution is 5.91. The normalized spacial score (nSPS) is 21.1. The summed E-state index contributed by atoms with van der Waals surface area (Å²) in [5, 5.41) is 9.38. The van der Waals surface area contributed by atoms with Crippen LogP contribution in [0.15, 0.2) is 11.1 Å². The zero-order valence-electron chi connectivity index (χ0n) is 10.9. The summed E-state index contributed by atoms with van der Waals surface area (Å²) in [4.78, 5) is 22.2. The fourth-order valence-electron chi connectivity index (χ4n) is 3.71. The number of aliphatic carboxylic acids is 1. The number of carboxylic acids is 1. The average molecular weight is 250 g/mol. The Morgan fingerprint density at radius 2 is 1.44 bits per heavy atom. The number of allylic oxidation sites excluding steroid dienone is 1. The number of hydrogen-bond acceptors (Lipinski definition) is 2. The van der Waals surface area contributed by atoms with Crippen LogP contribution in [-0.2, 0) is 9.59 Å². The summed E-state index contributed by atoms with van der Waals surface area (Å²) in [6.45, 7) is 0. The van der Waals surface area contributed by atoms with Crippen LogP contribution in [0, 0.1) is 11.8 Å². The van der Waals surface area contributed by atoms with E-state index in [2.05, 4.69) is 0 Å². The molecule has 0 radical (unpaired) electrons. The topological polar surface area (TPSA) is 54.4 Å². The van der Waals surface area contributed by atoms with E-state index in [0.717, 1.165) is 37.5 Å². The Balaban J connectivity index is 2.32. The first kappa shape index (κ1) is 13.3. The maximum Gasteiger partial charge on any atom is 0.331 e. The summed E-state index contributed by atoms with van der Waals surface area (Å²) < 4.78 is 0. The first-order valence-electron chi connectivity index (χ1n) is 7.14. The third kappa shape index (κ3) is 2.82. The van der Waals surface area contributed by atoms with Crippen LogP contribution in [0.4, 0.5) is 0 Å². The van der Waals surface area contributed by atoms with Crippen molar-refractivity contribution in [3.8, 4) is 0 Å². The van der Waals surface area contributed by atoms with Crippen molar-refractivity contribution in [3.63, 3.8) is 0 Å². The van der Waals surface area contributed by atoms with Crippen molar-refractivity contribution >= 4 is 12.3 Å². The first-order valence-corrected chi connectivity index (χ1v) is 7.14. The minimum absolute atomic E-state index is 0.0810. The number of hydrogen-bond donors (Lipinski definition) is 1. The van der Waals surface area contributed by atoms with Crippen molar-refractivity contribution in [2.45, 2.75) is 57.8 Å². The molecular formula is C15H22O3. The Morgan fingerprint density at radius 1 is 1.00 bits per heavy atom. The first-order chi connectivity index (χ1) is 8.74. The van der Waals surface area contributed by atoms with Crippen LogP contribution in [0.2, 0.25) is 0 Å². The second kappa shape index (κ2) is 6.17. The molecule has 0 bridgehead atoms. The Morgan fingerprint density at radius 3 is 1.78 bits per heavy atom. The third-order valence-corrected chi connectivity index (χ3v) is 4.48. The molecule has 0 amide bonds. The van der Waals surface area contributed by atoms with Crippen molar-refractivity contribution in [3.05, 3.63) is 11.1 Å². The zero-order chi connectivity index (χ0) is 13.0. The molecule has 0 aliphatic heterocycles. The summed E-state index contributed by atoms with van der Waals surface area (Å²) in [5.74, 6) is -0.0193. The predicted octanol–water partition coefficient (Wildman–Crippen LogP) is 3.34. The van der Waals surface area contributed by atoms with Gasteiger partial charge in [-0.15, -0.1) is 0 Å². The van der Waals surface area contributed by atoms with E-state index in [9.17, 15) is 14.7 Å². The number of carbonyl (C=O) groups is 2. The maximum absolute atomic E-state index is 11.4. The number of carbonyl (C=O) groups excluding carboxylic acids is 1. The lowest BCUT2D eigenvalue weighted by molar-refractivity contribution is -0.133. The van der Waals surface area contributed by atoms with E-state index in [1.165, 1.54) is 25.7 Å². The second-order valence-corrected chi connectivity index (χ2v) is 5.57. The molecule has 0 aromatic heterocycles. The van der Waals surface area contributed by atoms with E-state index in [0.29, 0.717) is 17.4 Å². The molecule has 1 N–H and O–H groups in total. The van der Waals surface area contributed by atoms with Crippen LogP contribution >= 0.6 is 0 Å². The van der Waals surface area contributed by atoms with Crippen molar-refractivity contribution in [2.24, 2.45) is 11.8 Å². The maximum atomic E-state index is 11.4. The van der Waals surface area contributed by atoms with Crippen LogP contribution < -0.4 is 0 Å². The molecule has 2 fully saturated rings. The highest BCUT2D eigenvalue weighted by Crippen LogP contribution is 2.43. The van der Waals surface area contributed by atoms with E-state index < -0.39 is 5.97 Å². The monoisotopic (exact) mass is 250 g/mol. The van der Waals surface area contributed by atoms with Crippen molar-refractivity contribution in [2.75, 3.05) is 0 Å². The summed E-state index contributed by atoms with van der Waals surface area (Å²) in [6, 6.07) is 0. The molecule has 0 aromatic carbocycles. The van der Waals surface area contributed by atoms with E-state index >= 15 is 0 Å². The average Bonchev–Trinajstić information content (AvgIpc) is 3.01. The summed E-state index contributed by atoms with van der Waals surface area (Å²) in [7, 11) is 0. The lowest BCUT2D eigenvalue weighted by Gasteiger charge is -2.23. The van der Waals surface area contributed by atoms with Gasteiger partial charge in [0.15, 0.2) is 0 Å². The Hall–Kier alpha value is -1.12. The molecule has 0 saturated heterocycles. The van der Waals surface area contributed by atoms with Crippen LogP contribution in [0.5, 0.6) is 0 Å². The molecule has 2 rings (SSSR count). The van der Waals surface area contributed by atoms with Crippen molar-refractivity contribution in [1.82, 2.24) is 0 Å². The number of carboxylic acid groups (broad SMARTS) is 1. The van der Waals surface area contributed by atoms with Crippen LogP contribution in [0.1, 0.15) is 57.8 Å². The van der Waals surface area contributed by atoms with Crippen LogP contribution in [0.3, 0.4) is 0 Å². The number of rotatable bonds is 5. The quantitative estimate of drug-likeness (QED) is 0.601. The van der Waals surface area contributed by atoms with Crippen molar-refractivity contribution in [1.29, 1.82) is 0 Å². The van der Waals surface area contributed by atoms with Gasteiger partial charge in [-0.25, -0.2) is 4.79 Å². The molecule has 0 atom stereocenters. The van der Waals surface area contributed by atoms with Gasteiger partial charge in [-0.3, -0.25) is 0 Å². The zero-order valence-corrected chi connectivity index (χ0v) is 10.9. The van der Waals surface area contributed by atoms with Gasteiger partial charge in [0.1, 0.15) is 6.29 Å². The molecule has 0 unspecified atom stereocenters. The molecule has 3 nitrogen and oxygen atoms in total. The van der Waals surface area contributed by atoms with Gasteiger partial charge in [-0.2, -0.15) is 0 Å². The smallest absolute Gasteiger partial charge is 0.331 e. The molecule has 0 spiro atoms.